The topological polar surface area (TPSA) is 84.0 Å². The van der Waals surface area contributed by atoms with Crippen LogP contribution in [-0.2, 0) is 0 Å². The quantitative estimate of drug-likeness (QED) is 0.179. The molecule has 1 fully saturated rings. The zero-order chi connectivity index (χ0) is 35.0. The molecule has 2 aromatic heterocycles. The van der Waals surface area contributed by atoms with Gasteiger partial charge in [-0.15, -0.1) is 0 Å². The van der Waals surface area contributed by atoms with Crippen molar-refractivity contribution in [2.75, 3.05) is 6.54 Å². The third-order valence-corrected chi connectivity index (χ3v) is 10.2. The number of aryl methyl sites for hydroxylation is 2. The van der Waals surface area contributed by atoms with Crippen molar-refractivity contribution in [1.29, 1.82) is 0 Å². The van der Waals surface area contributed by atoms with Gasteiger partial charge >= 0.3 is 0 Å². The summed E-state index contributed by atoms with van der Waals surface area (Å²) in [5.41, 5.74) is 8.39. The van der Waals surface area contributed by atoms with Gasteiger partial charge in [0.15, 0.2) is 0 Å². The predicted octanol–water partition coefficient (Wildman–Crippen LogP) is 9.48. The number of nitrogens with one attached hydrogen (secondary N) is 2. The first kappa shape index (κ1) is 33.2. The first-order valence-corrected chi connectivity index (χ1v) is 17.5. The van der Waals surface area contributed by atoms with E-state index in [-0.39, 0.29) is 28.7 Å². The first-order valence-electron chi connectivity index (χ1n) is 17.5. The normalized spacial score (nSPS) is 18.5. The molecule has 6 nitrogen and oxygen atoms in total. The summed E-state index contributed by atoms with van der Waals surface area (Å²) in [6, 6.07) is 35.7. The molecule has 2 heterocycles. The summed E-state index contributed by atoms with van der Waals surface area (Å²) in [6.45, 7) is 11.4. The summed E-state index contributed by atoms with van der Waals surface area (Å²) < 4.78 is 0. The fraction of sp³-hybridized carbons (Fsp3) is 0.273. The molecule has 6 heteroatoms. The smallest absolute Gasteiger partial charge is 0.252 e. The average molecular weight is 661 g/mol. The Hall–Kier alpha value is -5.36. The third-order valence-electron chi connectivity index (χ3n) is 10.2. The molecule has 2 atom stereocenters. The van der Waals surface area contributed by atoms with Crippen molar-refractivity contribution in [3.63, 3.8) is 0 Å². The highest BCUT2D eigenvalue weighted by Crippen LogP contribution is 2.46. The monoisotopic (exact) mass is 660 g/mol. The van der Waals surface area contributed by atoms with Gasteiger partial charge in [0.25, 0.3) is 11.8 Å². The Morgan fingerprint density at radius 1 is 0.660 bits per heavy atom. The van der Waals surface area contributed by atoms with Crippen LogP contribution >= 0.6 is 0 Å². The molecule has 6 aromatic rings. The molecular formula is C44H44N4O2. The number of carbonyl (C=O) groups excluding carboxylic acids is 2. The minimum Gasteiger partial charge on any atom is -0.351 e. The molecule has 252 valence electrons. The summed E-state index contributed by atoms with van der Waals surface area (Å²) in [7, 11) is 0. The second-order valence-corrected chi connectivity index (χ2v) is 15.2. The fourth-order valence-corrected chi connectivity index (χ4v) is 8.25. The molecule has 0 bridgehead atoms. The van der Waals surface area contributed by atoms with Crippen LogP contribution in [0.1, 0.15) is 71.9 Å². The summed E-state index contributed by atoms with van der Waals surface area (Å²) in [5.74, 6) is -0.213. The number of para-hydroxylation sites is 2. The van der Waals surface area contributed by atoms with E-state index in [2.05, 4.69) is 63.5 Å². The van der Waals surface area contributed by atoms with Crippen LogP contribution in [0.2, 0.25) is 0 Å². The average Bonchev–Trinajstić information content (AvgIpc) is 3.09. The number of hydrogen-bond acceptors (Lipinski definition) is 4. The Morgan fingerprint density at radius 2 is 1.14 bits per heavy atom. The van der Waals surface area contributed by atoms with Crippen molar-refractivity contribution in [2.24, 2.45) is 10.8 Å². The molecule has 0 saturated heterocycles. The number of hydrogen-bond donors (Lipinski definition) is 2. The number of fused-ring (bicyclic) bond motifs is 2. The lowest BCUT2D eigenvalue weighted by Gasteiger charge is -2.47. The molecule has 2 N–H and O–H groups in total. The third kappa shape index (κ3) is 6.75. The Labute approximate surface area is 294 Å². The minimum absolute atomic E-state index is 0.0380. The lowest BCUT2D eigenvalue weighted by atomic mass is 9.62. The molecule has 4 aromatic carbocycles. The Kier molecular flexibility index (Phi) is 8.73. The van der Waals surface area contributed by atoms with Crippen LogP contribution in [0.3, 0.4) is 0 Å². The highest BCUT2D eigenvalue weighted by atomic mass is 16.2. The van der Waals surface area contributed by atoms with Crippen LogP contribution in [0, 0.1) is 24.7 Å². The zero-order valence-corrected chi connectivity index (χ0v) is 29.5. The summed E-state index contributed by atoms with van der Waals surface area (Å²) in [4.78, 5) is 38.0. The number of nitrogens with zero attached hydrogens (tertiary/aromatic N) is 2. The van der Waals surface area contributed by atoms with Crippen LogP contribution in [0.15, 0.2) is 109 Å². The van der Waals surface area contributed by atoms with E-state index in [1.807, 2.05) is 91.0 Å². The summed E-state index contributed by atoms with van der Waals surface area (Å²) in [6.07, 6.45) is 2.53. The van der Waals surface area contributed by atoms with Crippen molar-refractivity contribution < 1.29 is 9.59 Å². The van der Waals surface area contributed by atoms with Crippen molar-refractivity contribution in [2.45, 2.75) is 59.9 Å². The van der Waals surface area contributed by atoms with Crippen LogP contribution < -0.4 is 10.6 Å². The highest BCUT2D eigenvalue weighted by Gasteiger charge is 2.42. The largest absolute Gasteiger partial charge is 0.351 e. The van der Waals surface area contributed by atoms with Crippen LogP contribution in [0.5, 0.6) is 0 Å². The molecule has 0 spiro atoms. The second kappa shape index (κ2) is 13.2. The van der Waals surface area contributed by atoms with Crippen molar-refractivity contribution in [3.8, 4) is 22.5 Å². The molecule has 0 radical (unpaired) electrons. The maximum atomic E-state index is 14.2. The number of benzene rings is 4. The lowest BCUT2D eigenvalue weighted by molar-refractivity contribution is 0.0593. The Morgan fingerprint density at radius 3 is 1.68 bits per heavy atom. The zero-order valence-electron chi connectivity index (χ0n) is 29.5. The number of aromatic nitrogens is 2. The van der Waals surface area contributed by atoms with Gasteiger partial charge in [0, 0.05) is 34.5 Å². The maximum Gasteiger partial charge on any atom is 0.252 e. The van der Waals surface area contributed by atoms with Gasteiger partial charge in [-0.3, -0.25) is 9.59 Å². The van der Waals surface area contributed by atoms with E-state index in [0.29, 0.717) is 17.7 Å². The van der Waals surface area contributed by atoms with E-state index in [1.165, 1.54) is 0 Å². The minimum atomic E-state index is -0.232. The van der Waals surface area contributed by atoms with Crippen molar-refractivity contribution >= 4 is 33.6 Å². The first-order chi connectivity index (χ1) is 24.0. The number of amides is 2. The van der Waals surface area contributed by atoms with E-state index in [0.717, 1.165) is 74.7 Å². The van der Waals surface area contributed by atoms with Crippen LogP contribution in [0.25, 0.3) is 44.3 Å². The molecule has 1 aliphatic carbocycles. The lowest BCUT2D eigenvalue weighted by Crippen LogP contribution is -2.50. The molecule has 0 aliphatic heterocycles. The van der Waals surface area contributed by atoms with Crippen LogP contribution in [-0.4, -0.2) is 34.4 Å². The van der Waals surface area contributed by atoms with Gasteiger partial charge in [-0.1, -0.05) is 106 Å². The molecule has 1 saturated carbocycles. The number of carbonyl (C=O) groups is 2. The van der Waals surface area contributed by atoms with Gasteiger partial charge in [0.05, 0.1) is 33.5 Å². The second-order valence-electron chi connectivity index (χ2n) is 15.2. The van der Waals surface area contributed by atoms with Gasteiger partial charge < -0.3 is 10.6 Å². The van der Waals surface area contributed by atoms with Gasteiger partial charge in [0.2, 0.25) is 0 Å². The maximum absolute atomic E-state index is 14.2. The van der Waals surface area contributed by atoms with E-state index >= 15 is 0 Å². The molecular weight excluding hydrogens is 617 g/mol. The molecule has 0 unspecified atom stereocenters. The molecule has 2 amide bonds. The number of rotatable bonds is 7. The standard InChI is InChI=1S/C44H44N4O2/c1-28-14-6-8-16-31(28)39-22-35(33-18-10-12-20-37(33)47-39)41(49)45-27-44(5)25-30(24-43(3,4)26-44)46-42(50)36-23-40(32-17-9-7-15-29(32)2)48-38-21-13-11-19-34(36)38/h6-23,30H,24-27H2,1-5H3,(H,45,49)(H,46,50)/t30-,44-/m1/s1. The van der Waals surface area contributed by atoms with E-state index in [4.69, 9.17) is 9.97 Å². The van der Waals surface area contributed by atoms with Gasteiger partial charge in [-0.2, -0.15) is 0 Å². The van der Waals surface area contributed by atoms with Crippen molar-refractivity contribution in [3.05, 3.63) is 131 Å². The molecule has 50 heavy (non-hydrogen) atoms. The van der Waals surface area contributed by atoms with E-state index in [1.54, 1.807) is 0 Å². The molecule has 7 rings (SSSR count). The Balaban J connectivity index is 1.13. The SMILES string of the molecule is Cc1ccccc1-c1cc(C(=O)NC[C@]2(C)C[C@H](NC(=O)c3cc(-c4ccccc4C)nc4ccccc34)CC(C)(C)C2)c2ccccc2n1. The van der Waals surface area contributed by atoms with Gasteiger partial charge in [-0.05, 0) is 79.3 Å². The van der Waals surface area contributed by atoms with E-state index in [9.17, 15) is 9.59 Å². The Bertz CT molecular complexity index is 2260. The summed E-state index contributed by atoms with van der Waals surface area (Å²) in [5, 5.41) is 8.39. The summed E-state index contributed by atoms with van der Waals surface area (Å²) >= 11 is 0. The predicted molar refractivity (Wildman–Crippen MR) is 203 cm³/mol. The fourth-order valence-electron chi connectivity index (χ4n) is 8.25. The molecule has 1 aliphatic rings. The van der Waals surface area contributed by atoms with Gasteiger partial charge in [0.1, 0.15) is 0 Å². The van der Waals surface area contributed by atoms with E-state index < -0.39 is 0 Å². The van der Waals surface area contributed by atoms with Gasteiger partial charge in [-0.25, -0.2) is 9.97 Å². The van der Waals surface area contributed by atoms with Crippen LogP contribution in [0.4, 0.5) is 0 Å². The number of pyridine rings is 2. The van der Waals surface area contributed by atoms with Crippen molar-refractivity contribution in [1.82, 2.24) is 20.6 Å². The highest BCUT2D eigenvalue weighted by molar-refractivity contribution is 6.08.